The standard InChI is InChI=1S/C4H7N3O2/c1-2-5-7-6-3-4(8)9/h2H,1,3H2,(H,5,6)(H,8,9). The summed E-state index contributed by atoms with van der Waals surface area (Å²) in [7, 11) is 0. The average molecular weight is 129 g/mol. The van der Waals surface area contributed by atoms with E-state index in [1.165, 1.54) is 6.20 Å². The Morgan fingerprint density at radius 3 is 3.00 bits per heavy atom. The number of rotatable bonds is 4. The quantitative estimate of drug-likeness (QED) is 0.419. The van der Waals surface area contributed by atoms with Crippen LogP contribution in [0.4, 0.5) is 0 Å². The van der Waals surface area contributed by atoms with Gasteiger partial charge in [0.1, 0.15) is 0 Å². The lowest BCUT2D eigenvalue weighted by molar-refractivity contribution is -0.135. The van der Waals surface area contributed by atoms with Crippen LogP contribution in [0.15, 0.2) is 23.1 Å². The zero-order valence-corrected chi connectivity index (χ0v) is 4.74. The summed E-state index contributed by atoms with van der Waals surface area (Å²) in [6.07, 6.45) is 1.30. The first-order valence-electron chi connectivity index (χ1n) is 2.22. The number of carboxylic acids is 1. The number of hydrogen-bond donors (Lipinski definition) is 2. The molecule has 50 valence electrons. The van der Waals surface area contributed by atoms with E-state index in [0.717, 1.165) is 0 Å². The predicted octanol–water partition coefficient (Wildman–Crippen LogP) is 0.171. The summed E-state index contributed by atoms with van der Waals surface area (Å²) in [4.78, 5) is 9.76. The highest BCUT2D eigenvalue weighted by Crippen LogP contribution is 1.70. The van der Waals surface area contributed by atoms with Crippen LogP contribution in [-0.2, 0) is 4.79 Å². The predicted molar refractivity (Wildman–Crippen MR) is 30.7 cm³/mol. The zero-order valence-electron chi connectivity index (χ0n) is 4.74. The molecule has 0 amide bonds. The molecule has 0 heterocycles. The fourth-order valence-electron chi connectivity index (χ4n) is 0.177. The molecule has 5 heteroatoms. The Morgan fingerprint density at radius 1 is 1.89 bits per heavy atom. The fourth-order valence-corrected chi connectivity index (χ4v) is 0.177. The summed E-state index contributed by atoms with van der Waals surface area (Å²) in [5.41, 5.74) is 2.26. The SMILES string of the molecule is C=CNN=NCC(=O)O. The van der Waals surface area contributed by atoms with Gasteiger partial charge in [-0.05, 0) is 0 Å². The minimum atomic E-state index is -1.01. The van der Waals surface area contributed by atoms with Gasteiger partial charge < -0.3 is 5.11 Å². The third-order valence-corrected chi connectivity index (χ3v) is 0.426. The highest BCUT2D eigenvalue weighted by molar-refractivity contribution is 5.68. The molecule has 0 rings (SSSR count). The van der Waals surface area contributed by atoms with Crippen molar-refractivity contribution in [3.63, 3.8) is 0 Å². The second-order valence-electron chi connectivity index (χ2n) is 1.13. The third kappa shape index (κ3) is 6.61. The van der Waals surface area contributed by atoms with Crippen molar-refractivity contribution in [3.8, 4) is 0 Å². The summed E-state index contributed by atoms with van der Waals surface area (Å²) < 4.78 is 0. The Morgan fingerprint density at radius 2 is 2.56 bits per heavy atom. The van der Waals surface area contributed by atoms with Gasteiger partial charge in [0.25, 0.3) is 0 Å². The first-order valence-corrected chi connectivity index (χ1v) is 2.22. The molecule has 0 saturated heterocycles. The van der Waals surface area contributed by atoms with Crippen molar-refractivity contribution in [2.24, 2.45) is 10.3 Å². The number of nitrogens with zero attached hydrogens (tertiary/aromatic N) is 2. The Bertz CT molecular complexity index is 132. The average Bonchev–Trinajstić information content (AvgIpc) is 1.80. The molecule has 0 aromatic carbocycles. The maximum Gasteiger partial charge on any atom is 0.327 e. The first-order chi connectivity index (χ1) is 4.27. The Kier molecular flexibility index (Phi) is 4.03. The second-order valence-corrected chi connectivity index (χ2v) is 1.13. The molecule has 0 unspecified atom stereocenters. The Hall–Kier alpha value is -1.39. The summed E-state index contributed by atoms with van der Waals surface area (Å²) in [6.45, 7) is 2.95. The first kappa shape index (κ1) is 7.61. The van der Waals surface area contributed by atoms with Crippen molar-refractivity contribution in [1.82, 2.24) is 5.43 Å². The Labute approximate surface area is 52.1 Å². The van der Waals surface area contributed by atoms with Crippen molar-refractivity contribution in [2.45, 2.75) is 0 Å². The van der Waals surface area contributed by atoms with Crippen molar-refractivity contribution < 1.29 is 9.90 Å². The maximum atomic E-state index is 9.76. The van der Waals surface area contributed by atoms with E-state index in [9.17, 15) is 4.79 Å². The van der Waals surface area contributed by atoms with Gasteiger partial charge in [-0.1, -0.05) is 11.8 Å². The molecule has 0 aliphatic carbocycles. The third-order valence-electron chi connectivity index (χ3n) is 0.426. The molecule has 0 aromatic heterocycles. The van der Waals surface area contributed by atoms with Gasteiger partial charge in [0, 0.05) is 6.20 Å². The minimum absolute atomic E-state index is 0.319. The molecular formula is C4H7N3O2. The molecule has 0 radical (unpaired) electrons. The van der Waals surface area contributed by atoms with Crippen molar-refractivity contribution in [1.29, 1.82) is 0 Å². The van der Waals surface area contributed by atoms with E-state index in [2.05, 4.69) is 22.3 Å². The Balaban J connectivity index is 3.24. The van der Waals surface area contributed by atoms with Crippen LogP contribution in [0.1, 0.15) is 0 Å². The van der Waals surface area contributed by atoms with Crippen LogP contribution in [0.25, 0.3) is 0 Å². The van der Waals surface area contributed by atoms with Crippen LogP contribution in [0.3, 0.4) is 0 Å². The van der Waals surface area contributed by atoms with Gasteiger partial charge in [-0.15, -0.1) is 0 Å². The van der Waals surface area contributed by atoms with E-state index in [0.29, 0.717) is 0 Å². The van der Waals surface area contributed by atoms with Gasteiger partial charge in [0.05, 0.1) is 0 Å². The molecule has 0 aliphatic rings. The number of nitrogens with one attached hydrogen (secondary N) is 1. The fraction of sp³-hybridized carbons (Fsp3) is 0.250. The van der Waals surface area contributed by atoms with E-state index < -0.39 is 5.97 Å². The molecule has 0 spiro atoms. The van der Waals surface area contributed by atoms with E-state index in [4.69, 9.17) is 5.11 Å². The molecule has 0 aliphatic heterocycles. The monoisotopic (exact) mass is 129 g/mol. The normalized spacial score (nSPS) is 9.33. The largest absolute Gasteiger partial charge is 0.480 e. The van der Waals surface area contributed by atoms with Crippen LogP contribution >= 0.6 is 0 Å². The van der Waals surface area contributed by atoms with Crippen molar-refractivity contribution in [2.75, 3.05) is 6.54 Å². The number of carbonyl (C=O) groups is 1. The van der Waals surface area contributed by atoms with E-state index in [-0.39, 0.29) is 6.54 Å². The van der Waals surface area contributed by atoms with E-state index >= 15 is 0 Å². The van der Waals surface area contributed by atoms with Crippen LogP contribution in [0.5, 0.6) is 0 Å². The van der Waals surface area contributed by atoms with Gasteiger partial charge in [-0.25, -0.2) is 0 Å². The smallest absolute Gasteiger partial charge is 0.327 e. The molecule has 0 aromatic rings. The highest BCUT2D eigenvalue weighted by atomic mass is 16.4. The number of aliphatic carboxylic acids is 1. The second kappa shape index (κ2) is 4.76. The molecule has 0 saturated carbocycles. The van der Waals surface area contributed by atoms with Gasteiger partial charge in [0.15, 0.2) is 6.54 Å². The molecular weight excluding hydrogens is 122 g/mol. The minimum Gasteiger partial charge on any atom is -0.480 e. The van der Waals surface area contributed by atoms with E-state index in [1.807, 2.05) is 0 Å². The maximum absolute atomic E-state index is 9.76. The molecule has 0 bridgehead atoms. The summed E-state index contributed by atoms with van der Waals surface area (Å²) >= 11 is 0. The van der Waals surface area contributed by atoms with E-state index in [1.54, 1.807) is 0 Å². The molecule has 0 atom stereocenters. The van der Waals surface area contributed by atoms with Crippen molar-refractivity contribution >= 4 is 5.97 Å². The van der Waals surface area contributed by atoms with Gasteiger partial charge in [-0.3, -0.25) is 10.2 Å². The van der Waals surface area contributed by atoms with Gasteiger partial charge in [0.2, 0.25) is 0 Å². The van der Waals surface area contributed by atoms with Gasteiger partial charge >= 0.3 is 5.97 Å². The van der Waals surface area contributed by atoms with Crippen molar-refractivity contribution in [3.05, 3.63) is 12.8 Å². The number of carboxylic acid groups (broad SMARTS) is 1. The summed E-state index contributed by atoms with van der Waals surface area (Å²) in [5, 5.41) is 14.4. The molecule has 2 N–H and O–H groups in total. The van der Waals surface area contributed by atoms with Crippen LogP contribution in [-0.4, -0.2) is 17.6 Å². The topological polar surface area (TPSA) is 74.0 Å². The lowest BCUT2D eigenvalue weighted by Crippen LogP contribution is -1.99. The molecule has 9 heavy (non-hydrogen) atoms. The molecule has 0 fully saturated rings. The lowest BCUT2D eigenvalue weighted by Gasteiger charge is -1.83. The zero-order chi connectivity index (χ0) is 7.11. The lowest BCUT2D eigenvalue weighted by atomic mass is 10.7. The van der Waals surface area contributed by atoms with Gasteiger partial charge in [-0.2, -0.15) is 5.11 Å². The number of hydrogen-bond acceptors (Lipinski definition) is 3. The summed E-state index contributed by atoms with van der Waals surface area (Å²) in [6, 6.07) is 0. The van der Waals surface area contributed by atoms with Crippen LogP contribution in [0.2, 0.25) is 0 Å². The van der Waals surface area contributed by atoms with Crippen LogP contribution in [0, 0.1) is 0 Å². The van der Waals surface area contributed by atoms with Crippen LogP contribution < -0.4 is 5.43 Å². The summed E-state index contributed by atoms with van der Waals surface area (Å²) in [5.74, 6) is -1.01. The highest BCUT2D eigenvalue weighted by Gasteiger charge is 1.88. The molecule has 5 nitrogen and oxygen atoms in total.